The van der Waals surface area contributed by atoms with Gasteiger partial charge in [-0.25, -0.2) is 4.99 Å². The summed E-state index contributed by atoms with van der Waals surface area (Å²) in [5, 5.41) is 10.9. The summed E-state index contributed by atoms with van der Waals surface area (Å²) in [6.07, 6.45) is 4.10. The van der Waals surface area contributed by atoms with E-state index >= 15 is 0 Å². The highest BCUT2D eigenvalue weighted by atomic mass is 32.1. The highest BCUT2D eigenvalue weighted by molar-refractivity contribution is 7.16. The van der Waals surface area contributed by atoms with Crippen molar-refractivity contribution in [2.75, 3.05) is 0 Å². The average molecular weight is 349 g/mol. The van der Waals surface area contributed by atoms with E-state index < -0.39 is 5.91 Å². The molecule has 0 radical (unpaired) electrons. The summed E-state index contributed by atoms with van der Waals surface area (Å²) in [6, 6.07) is 11.3. The Labute approximate surface area is 148 Å². The molecule has 0 fully saturated rings. The van der Waals surface area contributed by atoms with Crippen molar-refractivity contribution in [3.63, 3.8) is 0 Å². The Bertz CT molecular complexity index is 1100. The third kappa shape index (κ3) is 2.73. The number of hydrogen-bond donors (Lipinski definition) is 1. The van der Waals surface area contributed by atoms with Gasteiger partial charge in [-0.2, -0.15) is 5.26 Å². The van der Waals surface area contributed by atoms with Crippen LogP contribution in [0, 0.1) is 11.3 Å². The van der Waals surface area contributed by atoms with Gasteiger partial charge in [0.2, 0.25) is 5.55 Å². The third-order valence-electron chi connectivity index (χ3n) is 4.39. The maximum atomic E-state index is 11.8. The van der Waals surface area contributed by atoms with Crippen LogP contribution < -0.4 is 11.3 Å². The van der Waals surface area contributed by atoms with Crippen LogP contribution in [0.3, 0.4) is 0 Å². The van der Waals surface area contributed by atoms with Crippen molar-refractivity contribution in [3.05, 3.63) is 57.5 Å². The van der Waals surface area contributed by atoms with Gasteiger partial charge in [0.25, 0.3) is 5.91 Å². The van der Waals surface area contributed by atoms with Crippen LogP contribution >= 0.6 is 11.3 Å². The molecule has 124 valence electrons. The lowest BCUT2D eigenvalue weighted by Gasteiger charge is -2.09. The van der Waals surface area contributed by atoms with Gasteiger partial charge in [0, 0.05) is 10.3 Å². The summed E-state index contributed by atoms with van der Waals surface area (Å²) in [5.74, 6) is -0.604. The molecule has 0 saturated carbocycles. The number of benzene rings is 1. The molecule has 0 spiro atoms. The van der Waals surface area contributed by atoms with Crippen molar-refractivity contribution >= 4 is 33.2 Å². The number of aryl methyl sites for hydroxylation is 1. The number of thiophene rings is 1. The minimum Gasteiger partial charge on any atom is -0.437 e. The molecule has 1 aliphatic carbocycles. The number of nitrogens with zero attached hydrogens (tertiary/aromatic N) is 2. The van der Waals surface area contributed by atoms with Gasteiger partial charge in [-0.15, -0.1) is 11.3 Å². The maximum Gasteiger partial charge on any atom is 0.254 e. The van der Waals surface area contributed by atoms with Crippen molar-refractivity contribution in [1.82, 2.24) is 0 Å². The Morgan fingerprint density at radius 1 is 1.28 bits per heavy atom. The van der Waals surface area contributed by atoms with Gasteiger partial charge in [0.05, 0.1) is 5.56 Å². The van der Waals surface area contributed by atoms with Crippen molar-refractivity contribution in [3.8, 4) is 6.07 Å². The van der Waals surface area contributed by atoms with Crippen molar-refractivity contribution in [1.29, 1.82) is 5.26 Å². The smallest absolute Gasteiger partial charge is 0.254 e. The zero-order valence-electron chi connectivity index (χ0n) is 13.4. The first-order valence-electron chi connectivity index (χ1n) is 8.09. The number of fused-ring (bicyclic) bond motifs is 2. The molecule has 1 aromatic carbocycles. The number of carbonyl (C=O) groups is 1. The Hall–Kier alpha value is -2.91. The largest absolute Gasteiger partial charge is 0.437 e. The van der Waals surface area contributed by atoms with Crippen LogP contribution in [0.25, 0.3) is 11.0 Å². The summed E-state index contributed by atoms with van der Waals surface area (Å²) in [6.45, 7) is 0. The van der Waals surface area contributed by atoms with Crippen molar-refractivity contribution in [2.24, 2.45) is 10.7 Å². The number of hydrogen-bond acceptors (Lipinski definition) is 5. The van der Waals surface area contributed by atoms with Gasteiger partial charge in [0.15, 0.2) is 0 Å². The van der Waals surface area contributed by atoms with E-state index in [4.69, 9.17) is 10.2 Å². The number of nitrogens with two attached hydrogens (primary N) is 1. The van der Waals surface area contributed by atoms with E-state index in [1.807, 2.05) is 24.3 Å². The SMILES string of the molecule is N#Cc1c(/N=c2\oc3ccccc3cc2C(N)=O)sc2c1CCCC2. The molecule has 0 unspecified atom stereocenters. The van der Waals surface area contributed by atoms with Crippen LogP contribution in [-0.4, -0.2) is 5.91 Å². The van der Waals surface area contributed by atoms with Crippen LogP contribution in [0.5, 0.6) is 0 Å². The van der Waals surface area contributed by atoms with Crippen LogP contribution in [0.1, 0.15) is 39.2 Å². The van der Waals surface area contributed by atoms with Gasteiger partial charge in [-0.05, 0) is 43.4 Å². The lowest BCUT2D eigenvalue weighted by molar-refractivity contribution is 0.0996. The molecule has 25 heavy (non-hydrogen) atoms. The Morgan fingerprint density at radius 3 is 2.88 bits per heavy atom. The number of rotatable bonds is 2. The first kappa shape index (κ1) is 15.6. The molecule has 2 N–H and O–H groups in total. The molecule has 4 rings (SSSR count). The number of primary amides is 1. The predicted molar refractivity (Wildman–Crippen MR) is 95.6 cm³/mol. The Kier molecular flexibility index (Phi) is 3.86. The van der Waals surface area contributed by atoms with Crippen LogP contribution in [0.4, 0.5) is 5.00 Å². The fourth-order valence-corrected chi connectivity index (χ4v) is 4.37. The molecular formula is C19H15N3O2S. The summed E-state index contributed by atoms with van der Waals surface area (Å²) in [4.78, 5) is 17.6. The summed E-state index contributed by atoms with van der Waals surface area (Å²) >= 11 is 1.51. The highest BCUT2D eigenvalue weighted by Crippen LogP contribution is 2.39. The van der Waals surface area contributed by atoms with Gasteiger partial charge in [-0.3, -0.25) is 4.79 Å². The first-order valence-corrected chi connectivity index (χ1v) is 8.91. The van der Waals surface area contributed by atoms with E-state index in [9.17, 15) is 10.1 Å². The minimum atomic E-state index is -0.604. The lowest BCUT2D eigenvalue weighted by atomic mass is 9.96. The fourth-order valence-electron chi connectivity index (χ4n) is 3.17. The third-order valence-corrected chi connectivity index (χ3v) is 5.57. The predicted octanol–water partition coefficient (Wildman–Crippen LogP) is 3.58. The van der Waals surface area contributed by atoms with E-state index in [2.05, 4.69) is 11.1 Å². The van der Waals surface area contributed by atoms with Crippen LogP contribution in [0.15, 0.2) is 39.7 Å². The number of para-hydroxylation sites is 1. The molecule has 0 saturated heterocycles. The zero-order chi connectivity index (χ0) is 17.4. The molecule has 2 aromatic heterocycles. The molecule has 6 heteroatoms. The van der Waals surface area contributed by atoms with E-state index in [1.165, 1.54) is 16.2 Å². The molecule has 0 atom stereocenters. The number of nitriles is 1. The van der Waals surface area contributed by atoms with E-state index in [0.717, 1.165) is 36.6 Å². The van der Waals surface area contributed by atoms with Crippen LogP contribution in [-0.2, 0) is 12.8 Å². The highest BCUT2D eigenvalue weighted by Gasteiger charge is 2.21. The second-order valence-electron chi connectivity index (χ2n) is 5.98. The van der Waals surface area contributed by atoms with Crippen molar-refractivity contribution in [2.45, 2.75) is 25.7 Å². The van der Waals surface area contributed by atoms with Crippen LogP contribution in [0.2, 0.25) is 0 Å². The molecule has 3 aromatic rings. The molecule has 0 aliphatic heterocycles. The summed E-state index contributed by atoms with van der Waals surface area (Å²) in [5.41, 5.74) is 8.19. The lowest BCUT2D eigenvalue weighted by Crippen LogP contribution is -2.21. The Morgan fingerprint density at radius 2 is 2.08 bits per heavy atom. The van der Waals surface area contributed by atoms with Crippen molar-refractivity contribution < 1.29 is 9.21 Å². The standard InChI is InChI=1S/C19H15N3O2S/c20-10-14-12-6-2-4-8-16(12)25-19(14)22-18-13(17(21)23)9-11-5-1-3-7-15(11)24-18/h1,3,5,7,9H,2,4,6,8H2,(H2,21,23)/b22-18-. The number of carbonyl (C=O) groups excluding carboxylic acids is 1. The van der Waals surface area contributed by atoms with E-state index in [-0.39, 0.29) is 11.1 Å². The molecule has 1 aliphatic rings. The summed E-state index contributed by atoms with van der Waals surface area (Å²) < 4.78 is 5.82. The van der Waals surface area contributed by atoms with Gasteiger partial charge < -0.3 is 10.2 Å². The monoisotopic (exact) mass is 349 g/mol. The summed E-state index contributed by atoms with van der Waals surface area (Å²) in [7, 11) is 0. The second-order valence-corrected chi connectivity index (χ2v) is 7.07. The fraction of sp³-hybridized carbons (Fsp3) is 0.211. The van der Waals surface area contributed by atoms with Gasteiger partial charge in [-0.1, -0.05) is 18.2 Å². The number of amides is 1. The topological polar surface area (TPSA) is 92.4 Å². The van der Waals surface area contributed by atoms with Gasteiger partial charge in [0.1, 0.15) is 22.2 Å². The first-order chi connectivity index (χ1) is 12.2. The van der Waals surface area contributed by atoms with E-state index in [1.54, 1.807) is 6.07 Å². The molecule has 5 nitrogen and oxygen atoms in total. The molecule has 1 amide bonds. The second kappa shape index (κ2) is 6.19. The molecular weight excluding hydrogens is 334 g/mol. The maximum absolute atomic E-state index is 11.8. The molecule has 2 heterocycles. The van der Waals surface area contributed by atoms with Gasteiger partial charge >= 0.3 is 0 Å². The minimum absolute atomic E-state index is 0.154. The normalized spacial score (nSPS) is 14.3. The molecule has 0 bridgehead atoms. The van der Waals surface area contributed by atoms with E-state index in [0.29, 0.717) is 16.1 Å². The quantitative estimate of drug-likeness (QED) is 0.766. The zero-order valence-corrected chi connectivity index (χ0v) is 14.2. The Balaban J connectivity index is 1.98. The average Bonchev–Trinajstić information content (AvgIpc) is 2.98.